The van der Waals surface area contributed by atoms with Crippen molar-refractivity contribution < 1.29 is 24.1 Å². The third-order valence-corrected chi connectivity index (χ3v) is 4.48. The van der Waals surface area contributed by atoms with Crippen molar-refractivity contribution in [1.82, 2.24) is 0 Å². The van der Waals surface area contributed by atoms with Gasteiger partial charge >= 0.3 is 5.97 Å². The summed E-state index contributed by atoms with van der Waals surface area (Å²) in [6.07, 6.45) is 3.33. The molecule has 0 amide bonds. The maximum Gasteiger partial charge on any atom is 0.314 e. The molecule has 5 heteroatoms. The lowest BCUT2D eigenvalue weighted by Gasteiger charge is -2.29. The lowest BCUT2D eigenvalue weighted by molar-refractivity contribution is -0.143. The van der Waals surface area contributed by atoms with Crippen molar-refractivity contribution in [3.05, 3.63) is 23.8 Å². The summed E-state index contributed by atoms with van der Waals surface area (Å²) < 4.78 is 16.3. The second-order valence-corrected chi connectivity index (χ2v) is 5.74. The van der Waals surface area contributed by atoms with Gasteiger partial charge in [0, 0.05) is 0 Å². The molecule has 2 aliphatic rings. The van der Waals surface area contributed by atoms with Crippen LogP contribution in [0.1, 0.15) is 31.2 Å². The molecule has 0 atom stereocenters. The van der Waals surface area contributed by atoms with Crippen molar-refractivity contribution >= 4 is 5.97 Å². The Morgan fingerprint density at radius 1 is 1.29 bits per heavy atom. The van der Waals surface area contributed by atoms with Gasteiger partial charge in [-0.05, 0) is 30.5 Å². The van der Waals surface area contributed by atoms with Crippen molar-refractivity contribution in [2.45, 2.75) is 37.2 Å². The van der Waals surface area contributed by atoms with Crippen molar-refractivity contribution in [2.24, 2.45) is 0 Å². The fourth-order valence-corrected chi connectivity index (χ4v) is 3.13. The van der Waals surface area contributed by atoms with E-state index < -0.39 is 11.4 Å². The zero-order valence-electron chi connectivity index (χ0n) is 12.1. The van der Waals surface area contributed by atoms with E-state index in [0.29, 0.717) is 37.6 Å². The molecule has 114 valence electrons. The van der Waals surface area contributed by atoms with Crippen molar-refractivity contribution in [3.8, 4) is 11.5 Å². The van der Waals surface area contributed by atoms with Crippen LogP contribution < -0.4 is 9.47 Å². The number of carboxylic acid groups (broad SMARTS) is 1. The summed E-state index contributed by atoms with van der Waals surface area (Å²) in [6, 6.07) is 5.49. The van der Waals surface area contributed by atoms with Gasteiger partial charge in [-0.1, -0.05) is 18.9 Å². The SMILES string of the molecule is COc1cc(C2(C(=O)O)CCCC2)ccc1OC1COC1. The number of hydrogen-bond acceptors (Lipinski definition) is 4. The molecule has 2 fully saturated rings. The van der Waals surface area contributed by atoms with Gasteiger partial charge in [0.25, 0.3) is 0 Å². The quantitative estimate of drug-likeness (QED) is 0.902. The highest BCUT2D eigenvalue weighted by molar-refractivity contribution is 5.82. The van der Waals surface area contributed by atoms with Crippen molar-refractivity contribution in [1.29, 1.82) is 0 Å². The van der Waals surface area contributed by atoms with E-state index in [0.717, 1.165) is 18.4 Å². The second kappa shape index (κ2) is 5.56. The van der Waals surface area contributed by atoms with Crippen LogP contribution in [-0.4, -0.2) is 37.5 Å². The fraction of sp³-hybridized carbons (Fsp3) is 0.562. The van der Waals surface area contributed by atoms with Gasteiger partial charge in [0.05, 0.1) is 25.7 Å². The van der Waals surface area contributed by atoms with E-state index in [9.17, 15) is 9.90 Å². The molecule has 0 bridgehead atoms. The smallest absolute Gasteiger partial charge is 0.314 e. The molecule has 0 radical (unpaired) electrons. The molecule has 3 rings (SSSR count). The Morgan fingerprint density at radius 3 is 2.52 bits per heavy atom. The Hall–Kier alpha value is -1.75. The largest absolute Gasteiger partial charge is 0.493 e. The van der Waals surface area contributed by atoms with Gasteiger partial charge in [-0.15, -0.1) is 0 Å². The number of methoxy groups -OCH3 is 1. The molecular formula is C16H20O5. The Balaban J connectivity index is 1.90. The van der Waals surface area contributed by atoms with E-state index in [1.54, 1.807) is 7.11 Å². The van der Waals surface area contributed by atoms with Crippen LogP contribution in [0, 0.1) is 0 Å². The van der Waals surface area contributed by atoms with Gasteiger partial charge < -0.3 is 19.3 Å². The minimum Gasteiger partial charge on any atom is -0.493 e. The van der Waals surface area contributed by atoms with E-state index in [-0.39, 0.29) is 6.10 Å². The zero-order chi connectivity index (χ0) is 14.9. The molecule has 1 aromatic rings. The molecule has 1 saturated carbocycles. The average Bonchev–Trinajstić information content (AvgIpc) is 2.93. The standard InChI is InChI=1S/C16H20O5/c1-19-14-8-11(16(15(17)18)6-2-3-7-16)4-5-13(14)21-12-9-20-10-12/h4-5,8,12H,2-3,6-7,9-10H2,1H3,(H,17,18). The van der Waals surface area contributed by atoms with Gasteiger partial charge in [-0.2, -0.15) is 0 Å². The summed E-state index contributed by atoms with van der Waals surface area (Å²) in [5.41, 5.74) is 0.0346. The van der Waals surface area contributed by atoms with Crippen LogP contribution >= 0.6 is 0 Å². The van der Waals surface area contributed by atoms with Crippen LogP contribution in [0.2, 0.25) is 0 Å². The monoisotopic (exact) mass is 292 g/mol. The van der Waals surface area contributed by atoms with Crippen LogP contribution in [0.25, 0.3) is 0 Å². The summed E-state index contributed by atoms with van der Waals surface area (Å²) >= 11 is 0. The topological polar surface area (TPSA) is 65.0 Å². The predicted molar refractivity (Wildman–Crippen MR) is 76.0 cm³/mol. The van der Waals surface area contributed by atoms with Crippen LogP contribution in [0.15, 0.2) is 18.2 Å². The zero-order valence-corrected chi connectivity index (χ0v) is 12.1. The number of carboxylic acids is 1. The van der Waals surface area contributed by atoms with Crippen molar-refractivity contribution in [3.63, 3.8) is 0 Å². The van der Waals surface area contributed by atoms with E-state index >= 15 is 0 Å². The van der Waals surface area contributed by atoms with Crippen LogP contribution in [0.5, 0.6) is 11.5 Å². The molecule has 0 spiro atoms. The Labute approximate surface area is 123 Å². The number of carbonyl (C=O) groups is 1. The molecule has 1 heterocycles. The van der Waals surface area contributed by atoms with E-state index in [4.69, 9.17) is 14.2 Å². The average molecular weight is 292 g/mol. The van der Waals surface area contributed by atoms with E-state index in [2.05, 4.69) is 0 Å². The maximum absolute atomic E-state index is 11.8. The summed E-state index contributed by atoms with van der Waals surface area (Å²) in [7, 11) is 1.57. The first kappa shape index (κ1) is 14.2. The highest BCUT2D eigenvalue weighted by Gasteiger charge is 2.43. The number of hydrogen-bond donors (Lipinski definition) is 1. The highest BCUT2D eigenvalue weighted by atomic mass is 16.6. The minimum atomic E-state index is -0.772. The van der Waals surface area contributed by atoms with Gasteiger partial charge in [0.15, 0.2) is 11.5 Å². The first-order valence-corrected chi connectivity index (χ1v) is 7.32. The van der Waals surface area contributed by atoms with Gasteiger partial charge in [0.1, 0.15) is 6.10 Å². The molecule has 5 nitrogen and oxygen atoms in total. The number of aliphatic carboxylic acids is 1. The highest BCUT2D eigenvalue weighted by Crippen LogP contribution is 2.44. The summed E-state index contributed by atoms with van der Waals surface area (Å²) in [5.74, 6) is 0.489. The molecular weight excluding hydrogens is 272 g/mol. The van der Waals surface area contributed by atoms with E-state index in [1.165, 1.54) is 0 Å². The Bertz CT molecular complexity index is 529. The lowest BCUT2D eigenvalue weighted by Crippen LogP contribution is -2.38. The predicted octanol–water partition coefficient (Wildman–Crippen LogP) is 2.37. The molecule has 21 heavy (non-hydrogen) atoms. The summed E-state index contributed by atoms with van der Waals surface area (Å²) in [6.45, 7) is 1.17. The van der Waals surface area contributed by atoms with Crippen LogP contribution in [0.4, 0.5) is 0 Å². The molecule has 1 aromatic carbocycles. The van der Waals surface area contributed by atoms with E-state index in [1.807, 2.05) is 18.2 Å². The molecule has 0 aromatic heterocycles. The van der Waals surface area contributed by atoms with Crippen molar-refractivity contribution in [2.75, 3.05) is 20.3 Å². The number of benzene rings is 1. The molecule has 0 unspecified atom stereocenters. The normalized spacial score (nSPS) is 20.8. The minimum absolute atomic E-state index is 0.0599. The van der Waals surface area contributed by atoms with Crippen LogP contribution in [0.3, 0.4) is 0 Å². The fourth-order valence-electron chi connectivity index (χ4n) is 3.13. The van der Waals surface area contributed by atoms with Gasteiger partial charge in [-0.3, -0.25) is 4.79 Å². The van der Waals surface area contributed by atoms with Gasteiger partial charge in [0.2, 0.25) is 0 Å². The maximum atomic E-state index is 11.8. The lowest BCUT2D eigenvalue weighted by atomic mass is 9.79. The molecule has 1 N–H and O–H groups in total. The third-order valence-electron chi connectivity index (χ3n) is 4.48. The molecule has 1 saturated heterocycles. The summed E-state index contributed by atoms with van der Waals surface area (Å²) in [5, 5.41) is 9.65. The summed E-state index contributed by atoms with van der Waals surface area (Å²) in [4.78, 5) is 11.8. The second-order valence-electron chi connectivity index (χ2n) is 5.74. The molecule has 1 aliphatic heterocycles. The Kier molecular flexibility index (Phi) is 3.76. The third kappa shape index (κ3) is 2.46. The van der Waals surface area contributed by atoms with Gasteiger partial charge in [-0.25, -0.2) is 0 Å². The first-order chi connectivity index (χ1) is 10.2. The number of ether oxygens (including phenoxy) is 3. The Morgan fingerprint density at radius 2 is 2.00 bits per heavy atom. The molecule has 1 aliphatic carbocycles. The van der Waals surface area contributed by atoms with Crippen LogP contribution in [-0.2, 0) is 14.9 Å². The first-order valence-electron chi connectivity index (χ1n) is 7.32. The number of rotatable bonds is 5.